The summed E-state index contributed by atoms with van der Waals surface area (Å²) in [4.78, 5) is 11.2. The number of hydrogen-bond acceptors (Lipinski definition) is 4. The van der Waals surface area contributed by atoms with Crippen molar-refractivity contribution in [1.29, 1.82) is 0 Å². The molecule has 2 fully saturated rings. The summed E-state index contributed by atoms with van der Waals surface area (Å²) in [6.45, 7) is 14.9. The Morgan fingerprint density at radius 3 is 2.40 bits per heavy atom. The van der Waals surface area contributed by atoms with Gasteiger partial charge in [0.1, 0.15) is 0 Å². The molecule has 0 aromatic rings. The van der Waals surface area contributed by atoms with Gasteiger partial charge in [0.25, 0.3) is 0 Å². The Morgan fingerprint density at radius 1 is 1.11 bits per heavy atom. The van der Waals surface area contributed by atoms with Crippen LogP contribution < -0.4 is 0 Å². The number of aliphatic hydroxyl groups excluding tert-OH is 3. The molecule has 5 heteroatoms. The number of carboxylic acids is 1. The number of carboxylic acid groups (broad SMARTS) is 1. The van der Waals surface area contributed by atoms with Gasteiger partial charge in [-0.2, -0.15) is 0 Å². The van der Waals surface area contributed by atoms with Crippen molar-refractivity contribution in [3.05, 3.63) is 34.9 Å². The number of fused-ring (bicyclic) bond motifs is 5. The lowest BCUT2D eigenvalue weighted by Crippen LogP contribution is -2.55. The van der Waals surface area contributed by atoms with Crippen molar-refractivity contribution in [2.45, 2.75) is 105 Å². The lowest BCUT2D eigenvalue weighted by molar-refractivity contribution is -0.132. The van der Waals surface area contributed by atoms with Crippen LogP contribution in [0, 0.1) is 39.4 Å². The van der Waals surface area contributed by atoms with Gasteiger partial charge in [0.15, 0.2) is 0 Å². The molecule has 196 valence electrons. The van der Waals surface area contributed by atoms with Crippen LogP contribution in [0.15, 0.2) is 34.9 Å². The number of rotatable bonds is 5. The van der Waals surface area contributed by atoms with Crippen molar-refractivity contribution in [2.75, 3.05) is 0 Å². The van der Waals surface area contributed by atoms with Gasteiger partial charge in [-0.1, -0.05) is 59.8 Å². The third kappa shape index (κ3) is 3.63. The lowest BCUT2D eigenvalue weighted by Gasteiger charge is -2.61. The fourth-order valence-corrected chi connectivity index (χ4v) is 8.74. The Labute approximate surface area is 211 Å². The maximum atomic E-state index is 11.6. The van der Waals surface area contributed by atoms with Crippen LogP contribution in [0.2, 0.25) is 0 Å². The molecule has 0 spiro atoms. The summed E-state index contributed by atoms with van der Waals surface area (Å²) in [6.07, 6.45) is 9.41. The van der Waals surface area contributed by atoms with E-state index in [1.54, 1.807) is 13.0 Å². The predicted molar refractivity (Wildman–Crippen MR) is 138 cm³/mol. The molecule has 4 N–H and O–H groups in total. The first-order valence-electron chi connectivity index (χ1n) is 13.5. The molecule has 2 saturated carbocycles. The Morgan fingerprint density at radius 2 is 1.77 bits per heavy atom. The third-order valence-corrected chi connectivity index (χ3v) is 11.6. The van der Waals surface area contributed by atoms with Crippen molar-refractivity contribution >= 4 is 5.97 Å². The Kier molecular flexibility index (Phi) is 6.51. The molecule has 0 radical (unpaired) electrons. The summed E-state index contributed by atoms with van der Waals surface area (Å²) < 4.78 is 0. The monoisotopic (exact) mass is 486 g/mol. The van der Waals surface area contributed by atoms with E-state index in [4.69, 9.17) is 5.11 Å². The molecule has 35 heavy (non-hydrogen) atoms. The molecule has 9 atom stereocenters. The van der Waals surface area contributed by atoms with Gasteiger partial charge < -0.3 is 20.4 Å². The molecule has 4 aliphatic rings. The lowest BCUT2D eigenvalue weighted by atomic mass is 9.44. The molecule has 0 aromatic carbocycles. The largest absolute Gasteiger partial charge is 0.478 e. The Hall–Kier alpha value is -1.43. The van der Waals surface area contributed by atoms with Crippen LogP contribution in [0.3, 0.4) is 0 Å². The van der Waals surface area contributed by atoms with Gasteiger partial charge in [-0.3, -0.25) is 0 Å². The molecule has 0 heterocycles. The van der Waals surface area contributed by atoms with Gasteiger partial charge in [0.2, 0.25) is 0 Å². The highest BCUT2D eigenvalue weighted by molar-refractivity contribution is 5.85. The standard InChI is InChI=1S/C30H46O5/c1-17(26(34)35)8-10-22(31)18(2)21-16-25(33)30(7)20-9-11-23-27(3,4)24(32)13-14-28(23,5)19(20)12-15-29(21,30)6/h8-9,12,18,21-25,31-33H,10-11,13-16H2,1-7H3,(H,34,35). The smallest absolute Gasteiger partial charge is 0.330 e. The van der Waals surface area contributed by atoms with Gasteiger partial charge in [-0.05, 0) is 90.6 Å². The summed E-state index contributed by atoms with van der Waals surface area (Å²) in [6, 6.07) is 0. The van der Waals surface area contributed by atoms with Crippen LogP contribution in [-0.4, -0.2) is 44.7 Å². The van der Waals surface area contributed by atoms with Gasteiger partial charge >= 0.3 is 5.97 Å². The summed E-state index contributed by atoms with van der Waals surface area (Å²) in [7, 11) is 0. The SMILES string of the molecule is CC(=CCC(O)C(C)C1CC(O)C2(C)C3=CCC4C(C)(CCC(O)C4(C)C)C3=CCC12C)C(=O)O. The van der Waals surface area contributed by atoms with Crippen LogP contribution in [0.1, 0.15) is 87.0 Å². The fourth-order valence-electron chi connectivity index (χ4n) is 8.74. The Bertz CT molecular complexity index is 975. The van der Waals surface area contributed by atoms with Crippen molar-refractivity contribution in [3.8, 4) is 0 Å². The van der Waals surface area contributed by atoms with Gasteiger partial charge in [0.05, 0.1) is 18.3 Å². The second kappa shape index (κ2) is 8.56. The maximum Gasteiger partial charge on any atom is 0.330 e. The molecule has 9 unspecified atom stereocenters. The summed E-state index contributed by atoms with van der Waals surface area (Å²) in [5.74, 6) is -0.549. The highest BCUT2D eigenvalue weighted by Gasteiger charge is 2.66. The molecule has 4 aliphatic carbocycles. The molecule has 0 aliphatic heterocycles. The summed E-state index contributed by atoms with van der Waals surface area (Å²) in [5, 5.41) is 42.6. The van der Waals surface area contributed by atoms with Crippen molar-refractivity contribution < 1.29 is 25.2 Å². The average Bonchev–Trinajstić information content (AvgIpc) is 3.00. The first kappa shape index (κ1) is 26.6. The van der Waals surface area contributed by atoms with Crippen LogP contribution in [0.4, 0.5) is 0 Å². The molecule has 0 amide bonds. The van der Waals surface area contributed by atoms with Crippen molar-refractivity contribution in [3.63, 3.8) is 0 Å². The maximum absolute atomic E-state index is 11.6. The number of hydrogen-bond donors (Lipinski definition) is 4. The molecule has 0 saturated heterocycles. The molecule has 4 rings (SSSR count). The molecular weight excluding hydrogens is 440 g/mol. The third-order valence-electron chi connectivity index (χ3n) is 11.6. The van der Waals surface area contributed by atoms with Crippen LogP contribution >= 0.6 is 0 Å². The van der Waals surface area contributed by atoms with Gasteiger partial charge in [-0.15, -0.1) is 0 Å². The molecule has 5 nitrogen and oxygen atoms in total. The van der Waals surface area contributed by atoms with Crippen molar-refractivity contribution in [2.24, 2.45) is 39.4 Å². The minimum Gasteiger partial charge on any atom is -0.478 e. The van der Waals surface area contributed by atoms with Gasteiger partial charge in [-0.25, -0.2) is 4.79 Å². The van der Waals surface area contributed by atoms with E-state index >= 15 is 0 Å². The topological polar surface area (TPSA) is 98.0 Å². The highest BCUT2D eigenvalue weighted by atomic mass is 16.4. The summed E-state index contributed by atoms with van der Waals surface area (Å²) >= 11 is 0. The van der Waals surface area contributed by atoms with E-state index in [1.165, 1.54) is 11.1 Å². The van der Waals surface area contributed by atoms with Crippen LogP contribution in [0.25, 0.3) is 0 Å². The quantitative estimate of drug-likeness (QED) is 0.397. The van der Waals surface area contributed by atoms with E-state index in [1.807, 2.05) is 0 Å². The van der Waals surface area contributed by atoms with Crippen LogP contribution in [-0.2, 0) is 4.79 Å². The number of allylic oxidation sites excluding steroid dienone is 3. The van der Waals surface area contributed by atoms with E-state index in [0.29, 0.717) is 18.8 Å². The number of carbonyl (C=O) groups is 1. The average molecular weight is 487 g/mol. The zero-order valence-corrected chi connectivity index (χ0v) is 22.6. The molecular formula is C30H46O5. The Balaban J connectivity index is 1.68. The van der Waals surface area contributed by atoms with E-state index < -0.39 is 23.6 Å². The highest BCUT2D eigenvalue weighted by Crippen LogP contribution is 2.71. The predicted octanol–water partition coefficient (Wildman–Crippen LogP) is 5.26. The summed E-state index contributed by atoms with van der Waals surface area (Å²) in [5.41, 5.74) is 2.13. The van der Waals surface area contributed by atoms with E-state index in [-0.39, 0.29) is 39.8 Å². The second-order valence-electron chi connectivity index (χ2n) is 13.4. The minimum absolute atomic E-state index is 0.0146. The fraction of sp³-hybridized carbons (Fsp3) is 0.767. The zero-order valence-electron chi connectivity index (χ0n) is 22.6. The van der Waals surface area contributed by atoms with Crippen LogP contribution in [0.5, 0.6) is 0 Å². The number of aliphatic carboxylic acids is 1. The molecule has 0 aromatic heterocycles. The molecule has 0 bridgehead atoms. The first-order valence-corrected chi connectivity index (χ1v) is 13.5. The van der Waals surface area contributed by atoms with Gasteiger partial charge in [0, 0.05) is 11.0 Å². The zero-order chi connectivity index (χ0) is 26.1. The first-order chi connectivity index (χ1) is 16.1. The number of aliphatic hydroxyl groups is 3. The van der Waals surface area contributed by atoms with E-state index in [9.17, 15) is 20.1 Å². The van der Waals surface area contributed by atoms with E-state index in [0.717, 1.165) is 25.7 Å². The second-order valence-corrected chi connectivity index (χ2v) is 13.4. The van der Waals surface area contributed by atoms with Crippen molar-refractivity contribution in [1.82, 2.24) is 0 Å². The van der Waals surface area contributed by atoms with E-state index in [2.05, 4.69) is 53.7 Å². The normalized spacial score (nSPS) is 44.3. The minimum atomic E-state index is -0.958.